The first-order valence-corrected chi connectivity index (χ1v) is 7.95. The lowest BCUT2D eigenvalue weighted by Gasteiger charge is -2.00. The predicted octanol–water partition coefficient (Wildman–Crippen LogP) is 4.16. The number of H-pyrrole nitrogens is 1. The van der Waals surface area contributed by atoms with Gasteiger partial charge in [-0.25, -0.2) is 4.79 Å². The maximum Gasteiger partial charge on any atom is 0.337 e. The number of aryl methyl sites for hydroxylation is 2. The zero-order chi connectivity index (χ0) is 18.0. The molecule has 1 aliphatic heterocycles. The van der Waals surface area contributed by atoms with Crippen LogP contribution >= 0.6 is 0 Å². The minimum Gasteiger partial charge on any atom is -0.478 e. The van der Waals surface area contributed by atoms with E-state index < -0.39 is 5.97 Å². The number of carboxylic acid groups (broad SMARTS) is 1. The molecule has 5 nitrogen and oxygen atoms in total. The van der Waals surface area contributed by atoms with E-state index in [0.717, 1.165) is 16.8 Å². The van der Waals surface area contributed by atoms with Crippen molar-refractivity contribution in [1.82, 2.24) is 4.98 Å². The number of carbonyl (C=O) groups is 2. The number of hydrogen-bond acceptors (Lipinski definition) is 2. The van der Waals surface area contributed by atoms with Crippen molar-refractivity contribution >= 4 is 29.2 Å². The lowest BCUT2D eigenvalue weighted by atomic mass is 10.0. The maximum absolute atomic E-state index is 12.2. The highest BCUT2D eigenvalue weighted by Crippen LogP contribution is 2.34. The average molecular weight is 326 g/mol. The Kier molecular flexibility index (Phi) is 4.93. The third-order valence-electron chi connectivity index (χ3n) is 3.94. The summed E-state index contributed by atoms with van der Waals surface area (Å²) in [5.41, 5.74) is 5.34. The van der Waals surface area contributed by atoms with E-state index in [9.17, 15) is 14.7 Å². The number of anilines is 1. The summed E-state index contributed by atoms with van der Waals surface area (Å²) in [7, 11) is 0. The number of benzene rings is 1. The molecule has 2 aromatic rings. The summed E-state index contributed by atoms with van der Waals surface area (Å²) >= 11 is 0. The molecule has 1 aromatic carbocycles. The van der Waals surface area contributed by atoms with E-state index in [0.29, 0.717) is 22.5 Å². The zero-order valence-corrected chi connectivity index (χ0v) is 14.6. The summed E-state index contributed by atoms with van der Waals surface area (Å²) in [6.45, 7) is 9.42. The minimum atomic E-state index is -0.969. The fourth-order valence-corrected chi connectivity index (χ4v) is 2.83. The largest absolute Gasteiger partial charge is 0.478 e. The first-order valence-electron chi connectivity index (χ1n) is 7.95. The number of nitrogens with one attached hydrogen (secondary N) is 2. The Morgan fingerprint density at radius 3 is 2.42 bits per heavy atom. The molecular weight excluding hydrogens is 304 g/mol. The highest BCUT2D eigenvalue weighted by Gasteiger charge is 2.25. The second kappa shape index (κ2) is 6.74. The number of hydrogen-bond donors (Lipinski definition) is 3. The van der Waals surface area contributed by atoms with Gasteiger partial charge in [-0.15, -0.1) is 0 Å². The van der Waals surface area contributed by atoms with Gasteiger partial charge in [-0.3, -0.25) is 4.79 Å². The number of carbonyl (C=O) groups excluding carboxylic acids is 1. The zero-order valence-electron chi connectivity index (χ0n) is 14.6. The summed E-state index contributed by atoms with van der Waals surface area (Å²) in [4.78, 5) is 26.5. The molecule has 24 heavy (non-hydrogen) atoms. The highest BCUT2D eigenvalue weighted by atomic mass is 16.4. The topological polar surface area (TPSA) is 82.2 Å². The third kappa shape index (κ3) is 2.97. The Bertz CT molecular complexity index is 845. The van der Waals surface area contributed by atoms with Gasteiger partial charge in [-0.1, -0.05) is 25.5 Å². The Morgan fingerprint density at radius 1 is 1.17 bits per heavy atom. The first kappa shape index (κ1) is 17.5. The van der Waals surface area contributed by atoms with Crippen LogP contribution < -0.4 is 5.32 Å². The van der Waals surface area contributed by atoms with Crippen molar-refractivity contribution < 1.29 is 14.7 Å². The molecular formula is C19H22N2O3. The number of aromatic carboxylic acids is 1. The summed E-state index contributed by atoms with van der Waals surface area (Å²) in [5, 5.41) is 12.1. The van der Waals surface area contributed by atoms with E-state index in [1.165, 1.54) is 0 Å². The molecule has 5 heteroatoms. The van der Waals surface area contributed by atoms with Crippen molar-refractivity contribution in [3.8, 4) is 0 Å². The SMILES string of the molecule is CC.Cc1ccc2c(c1)/C(=C/c1[nH]c(C)c(C(=O)O)c1C)C(=O)N2. The van der Waals surface area contributed by atoms with Crippen LogP contribution in [0, 0.1) is 20.8 Å². The van der Waals surface area contributed by atoms with E-state index in [-0.39, 0.29) is 11.5 Å². The second-order valence-corrected chi connectivity index (χ2v) is 5.53. The van der Waals surface area contributed by atoms with Gasteiger partial charge in [0.2, 0.25) is 0 Å². The van der Waals surface area contributed by atoms with Crippen LogP contribution in [0.5, 0.6) is 0 Å². The van der Waals surface area contributed by atoms with Gasteiger partial charge in [0.25, 0.3) is 5.91 Å². The fraction of sp³-hybridized carbons (Fsp3) is 0.263. The van der Waals surface area contributed by atoms with Gasteiger partial charge in [-0.2, -0.15) is 0 Å². The molecule has 126 valence electrons. The molecule has 0 spiro atoms. The van der Waals surface area contributed by atoms with Gasteiger partial charge in [0.1, 0.15) is 0 Å². The molecule has 0 fully saturated rings. The van der Waals surface area contributed by atoms with Crippen molar-refractivity contribution in [2.75, 3.05) is 5.32 Å². The maximum atomic E-state index is 12.2. The number of aromatic amines is 1. The van der Waals surface area contributed by atoms with Crippen LogP contribution in [-0.2, 0) is 4.79 Å². The molecule has 3 rings (SSSR count). The molecule has 0 bridgehead atoms. The van der Waals surface area contributed by atoms with Crippen molar-refractivity contribution in [2.45, 2.75) is 34.6 Å². The summed E-state index contributed by atoms with van der Waals surface area (Å²) < 4.78 is 0. The van der Waals surface area contributed by atoms with E-state index >= 15 is 0 Å². The Balaban J connectivity index is 0.00000100. The lowest BCUT2D eigenvalue weighted by molar-refractivity contribution is -0.110. The van der Waals surface area contributed by atoms with Crippen molar-refractivity contribution in [1.29, 1.82) is 0 Å². The summed E-state index contributed by atoms with van der Waals surface area (Å²) in [6, 6.07) is 5.76. The van der Waals surface area contributed by atoms with Gasteiger partial charge >= 0.3 is 5.97 Å². The number of fused-ring (bicyclic) bond motifs is 1. The van der Waals surface area contributed by atoms with Gasteiger partial charge in [0.05, 0.1) is 11.1 Å². The van der Waals surface area contributed by atoms with Crippen LogP contribution in [0.25, 0.3) is 11.6 Å². The van der Waals surface area contributed by atoms with E-state index in [1.54, 1.807) is 19.9 Å². The molecule has 1 amide bonds. The number of amides is 1. The van der Waals surface area contributed by atoms with E-state index in [2.05, 4.69) is 10.3 Å². The van der Waals surface area contributed by atoms with Crippen LogP contribution in [0.2, 0.25) is 0 Å². The van der Waals surface area contributed by atoms with Gasteiger partial charge in [0.15, 0.2) is 0 Å². The first-order chi connectivity index (χ1) is 11.4. The quantitative estimate of drug-likeness (QED) is 0.725. The third-order valence-corrected chi connectivity index (χ3v) is 3.94. The summed E-state index contributed by atoms with van der Waals surface area (Å²) in [6.07, 6.45) is 1.72. The average Bonchev–Trinajstić information content (AvgIpc) is 2.99. The molecule has 1 aliphatic rings. The number of aromatic nitrogens is 1. The van der Waals surface area contributed by atoms with Gasteiger partial charge in [-0.05, 0) is 44.5 Å². The second-order valence-electron chi connectivity index (χ2n) is 5.53. The smallest absolute Gasteiger partial charge is 0.337 e. The molecule has 0 unspecified atom stereocenters. The van der Waals surface area contributed by atoms with Crippen LogP contribution in [0.1, 0.15) is 52.3 Å². The minimum absolute atomic E-state index is 0.177. The van der Waals surface area contributed by atoms with Gasteiger partial charge < -0.3 is 15.4 Å². The van der Waals surface area contributed by atoms with Crippen LogP contribution in [0.4, 0.5) is 5.69 Å². The molecule has 0 saturated heterocycles. The molecule has 1 aromatic heterocycles. The van der Waals surface area contributed by atoms with E-state index in [1.807, 2.05) is 39.0 Å². The van der Waals surface area contributed by atoms with Crippen LogP contribution in [0.15, 0.2) is 18.2 Å². The molecule has 3 N–H and O–H groups in total. The van der Waals surface area contributed by atoms with Crippen molar-refractivity contribution in [3.63, 3.8) is 0 Å². The Morgan fingerprint density at radius 2 is 1.83 bits per heavy atom. The molecule has 0 saturated carbocycles. The highest BCUT2D eigenvalue weighted by molar-refractivity contribution is 6.35. The molecule has 0 atom stereocenters. The van der Waals surface area contributed by atoms with E-state index in [4.69, 9.17) is 0 Å². The van der Waals surface area contributed by atoms with Crippen LogP contribution in [0.3, 0.4) is 0 Å². The van der Waals surface area contributed by atoms with Gasteiger partial charge in [0, 0.05) is 22.6 Å². The van der Waals surface area contributed by atoms with Crippen LogP contribution in [-0.4, -0.2) is 22.0 Å². The van der Waals surface area contributed by atoms with Crippen molar-refractivity contribution in [3.05, 3.63) is 51.8 Å². The Labute approximate surface area is 141 Å². The number of rotatable bonds is 2. The Hall–Kier alpha value is -2.82. The summed E-state index contributed by atoms with van der Waals surface area (Å²) in [5.74, 6) is -1.15. The molecule has 0 aliphatic carbocycles. The predicted molar refractivity (Wildman–Crippen MR) is 96.3 cm³/mol. The lowest BCUT2D eigenvalue weighted by Crippen LogP contribution is -2.03. The monoisotopic (exact) mass is 326 g/mol. The normalized spacial score (nSPS) is 14.0. The fourth-order valence-electron chi connectivity index (χ4n) is 2.83. The number of carboxylic acids is 1. The molecule has 2 heterocycles. The standard InChI is InChI=1S/C17H16N2O3.C2H6/c1-8-4-5-13-11(6-8)12(16(20)19-13)7-14-9(2)15(17(21)22)10(3)18-14;1-2/h4-7,18H,1-3H3,(H,19,20)(H,21,22);1-2H3/b12-7-;. The molecule has 0 radical (unpaired) electrons. The van der Waals surface area contributed by atoms with Crippen molar-refractivity contribution in [2.24, 2.45) is 0 Å².